The second-order valence-corrected chi connectivity index (χ2v) is 25.4. The van der Waals surface area contributed by atoms with Crippen LogP contribution in [0.3, 0.4) is 0 Å². The van der Waals surface area contributed by atoms with Crippen molar-refractivity contribution in [2.75, 3.05) is 13.1 Å². The van der Waals surface area contributed by atoms with Gasteiger partial charge >= 0.3 is 6.09 Å². The summed E-state index contributed by atoms with van der Waals surface area (Å²) >= 11 is 0. The molecule has 0 spiro atoms. The fourth-order valence-corrected chi connectivity index (χ4v) is 10.2. The number of ether oxygens (including phenoxy) is 2. The number of hydrogen-bond donors (Lipinski definition) is 2. The highest BCUT2D eigenvalue weighted by atomic mass is 28.4. The zero-order valence-electron chi connectivity index (χ0n) is 40.6. The summed E-state index contributed by atoms with van der Waals surface area (Å²) < 4.78 is 63.7. The standard InChI is InChI=1S/C51H71F3N4O7Si/c1-12-33(2)51(56-34(3)59)24-25-57(47(51)61)43(23-20-35-16-14-13-15-17-35)46(60)55-42(28-37-26-39(53)29-40(54)27-37)45(65-66(10,11)50(7,8)9)44-30-41(31-58(44)48(62)64-49(4,5)6)63-32-36-18-21-38(52)22-19-36/h13-19,21-22,26-27,29,33,41-45H,12,20,23-25,28,30-32H2,1-11H3,(H,55,60)(H,56,59)/t33-,41-,42+,43?,44-,45+,51?/m1/s1. The first-order valence-electron chi connectivity index (χ1n) is 23.2. The lowest BCUT2D eigenvalue weighted by Crippen LogP contribution is -2.63. The maximum atomic E-state index is 15.4. The van der Waals surface area contributed by atoms with Crippen molar-refractivity contribution in [2.45, 2.75) is 167 Å². The van der Waals surface area contributed by atoms with E-state index in [1.165, 1.54) is 31.2 Å². The van der Waals surface area contributed by atoms with Gasteiger partial charge in [0.1, 0.15) is 34.6 Å². The van der Waals surface area contributed by atoms with Crippen molar-refractivity contribution in [2.24, 2.45) is 5.92 Å². The second kappa shape index (κ2) is 21.5. The molecule has 0 saturated carbocycles. The lowest BCUT2D eigenvalue weighted by Gasteiger charge is -2.45. The van der Waals surface area contributed by atoms with Gasteiger partial charge in [0.2, 0.25) is 17.7 Å². The van der Waals surface area contributed by atoms with Crippen molar-refractivity contribution >= 4 is 32.1 Å². The van der Waals surface area contributed by atoms with Crippen LogP contribution in [0.2, 0.25) is 18.1 Å². The van der Waals surface area contributed by atoms with Gasteiger partial charge in [0, 0.05) is 19.5 Å². The minimum absolute atomic E-state index is 0.0935. The van der Waals surface area contributed by atoms with Gasteiger partial charge in [-0.3, -0.25) is 19.3 Å². The van der Waals surface area contributed by atoms with Gasteiger partial charge in [0.15, 0.2) is 8.32 Å². The van der Waals surface area contributed by atoms with Crippen molar-refractivity contribution < 1.29 is 46.2 Å². The normalized spacial score (nSPS) is 21.0. The highest BCUT2D eigenvalue weighted by Crippen LogP contribution is 2.41. The number of carbonyl (C=O) groups is 4. The summed E-state index contributed by atoms with van der Waals surface area (Å²) in [6.07, 6.45) is -0.491. The van der Waals surface area contributed by atoms with Gasteiger partial charge in [-0.15, -0.1) is 0 Å². The molecule has 3 aromatic carbocycles. The molecule has 15 heteroatoms. The number of carbonyl (C=O) groups excluding carboxylic acids is 4. The van der Waals surface area contributed by atoms with Crippen LogP contribution in [-0.2, 0) is 47.7 Å². The van der Waals surface area contributed by atoms with Gasteiger partial charge < -0.3 is 29.4 Å². The van der Waals surface area contributed by atoms with Crippen LogP contribution >= 0.6 is 0 Å². The maximum absolute atomic E-state index is 15.4. The molecule has 2 N–H and O–H groups in total. The van der Waals surface area contributed by atoms with E-state index in [2.05, 4.69) is 44.5 Å². The summed E-state index contributed by atoms with van der Waals surface area (Å²) in [6.45, 7) is 21.3. The van der Waals surface area contributed by atoms with E-state index in [9.17, 15) is 18.8 Å². The molecular formula is C51H71F3N4O7Si. The maximum Gasteiger partial charge on any atom is 0.410 e. The zero-order chi connectivity index (χ0) is 48.8. The molecule has 11 nitrogen and oxygen atoms in total. The van der Waals surface area contributed by atoms with Gasteiger partial charge in [-0.25, -0.2) is 18.0 Å². The molecule has 2 saturated heterocycles. The first kappa shape index (κ1) is 52.2. The molecule has 0 bridgehead atoms. The number of halogens is 3. The Morgan fingerprint density at radius 2 is 1.53 bits per heavy atom. The summed E-state index contributed by atoms with van der Waals surface area (Å²) in [6, 6.07) is 15.9. The Kier molecular flexibility index (Phi) is 17.0. The SMILES string of the molecule is CC[C@@H](C)C1(NC(C)=O)CCN(C(CCc2ccccc2)C(=O)N[C@@H](Cc2cc(F)cc(F)c2)[C@H](O[Si](C)(C)C(C)(C)C)[C@H]2C[C@@H](OCc3ccc(F)cc3)CN2C(=O)OC(C)(C)C)C1=O. The molecule has 7 atom stereocenters. The predicted octanol–water partition coefficient (Wildman–Crippen LogP) is 9.27. The molecule has 2 aliphatic heterocycles. The van der Waals surface area contributed by atoms with Gasteiger partial charge in [-0.2, -0.15) is 0 Å². The number of amides is 4. The van der Waals surface area contributed by atoms with E-state index in [1.807, 2.05) is 44.2 Å². The second-order valence-electron chi connectivity index (χ2n) is 20.7. The Bertz CT molecular complexity index is 2130. The third-order valence-corrected chi connectivity index (χ3v) is 18.0. The van der Waals surface area contributed by atoms with Crippen LogP contribution in [-0.4, -0.2) is 96.5 Å². The summed E-state index contributed by atoms with van der Waals surface area (Å²) in [7, 11) is -2.83. The molecule has 2 aliphatic rings. The van der Waals surface area contributed by atoms with Crippen LogP contribution < -0.4 is 10.6 Å². The van der Waals surface area contributed by atoms with Crippen LogP contribution in [0.4, 0.5) is 18.0 Å². The van der Waals surface area contributed by atoms with Gasteiger partial charge in [-0.05, 0) is 118 Å². The van der Waals surface area contributed by atoms with Gasteiger partial charge in [0.25, 0.3) is 0 Å². The first-order chi connectivity index (χ1) is 30.8. The summed E-state index contributed by atoms with van der Waals surface area (Å²) in [5.41, 5.74) is -0.183. The fraction of sp³-hybridized carbons (Fsp3) is 0.569. The minimum Gasteiger partial charge on any atom is -0.444 e. The van der Waals surface area contributed by atoms with E-state index in [0.717, 1.165) is 17.2 Å². The molecule has 0 radical (unpaired) electrons. The lowest BCUT2D eigenvalue weighted by atomic mass is 9.81. The van der Waals surface area contributed by atoms with Crippen molar-refractivity contribution in [3.05, 3.63) is 107 Å². The summed E-state index contributed by atoms with van der Waals surface area (Å²) in [5.74, 6) is -3.45. The molecule has 66 heavy (non-hydrogen) atoms. The Hall–Kier alpha value is -4.73. The Morgan fingerprint density at radius 1 is 0.894 bits per heavy atom. The molecule has 4 amide bonds. The molecule has 0 aliphatic carbocycles. The number of hydrogen-bond acceptors (Lipinski definition) is 7. The van der Waals surface area contributed by atoms with Crippen molar-refractivity contribution in [3.63, 3.8) is 0 Å². The third kappa shape index (κ3) is 13.2. The topological polar surface area (TPSA) is 127 Å². The number of aryl methyl sites for hydroxylation is 1. The van der Waals surface area contributed by atoms with Crippen molar-refractivity contribution in [1.29, 1.82) is 0 Å². The average molecular weight is 937 g/mol. The molecule has 2 fully saturated rings. The lowest BCUT2D eigenvalue weighted by molar-refractivity contribution is -0.144. The number of nitrogens with zero attached hydrogens (tertiary/aromatic N) is 2. The van der Waals surface area contributed by atoms with E-state index in [1.54, 1.807) is 42.7 Å². The van der Waals surface area contributed by atoms with E-state index < -0.39 is 73.4 Å². The van der Waals surface area contributed by atoms with E-state index in [4.69, 9.17) is 13.9 Å². The number of benzene rings is 3. The van der Waals surface area contributed by atoms with Gasteiger partial charge in [-0.1, -0.05) is 83.5 Å². The Labute approximate surface area is 390 Å². The molecule has 5 rings (SSSR count). The van der Waals surface area contributed by atoms with E-state index in [-0.39, 0.29) is 73.1 Å². The van der Waals surface area contributed by atoms with Crippen LogP contribution in [0.1, 0.15) is 105 Å². The average Bonchev–Trinajstić information content (AvgIpc) is 3.79. The number of likely N-dealkylation sites (tertiary alicyclic amines) is 2. The molecular weight excluding hydrogens is 866 g/mol. The fourth-order valence-electron chi connectivity index (χ4n) is 8.83. The molecule has 362 valence electrons. The van der Waals surface area contributed by atoms with Crippen LogP contribution in [0.5, 0.6) is 0 Å². The smallest absolute Gasteiger partial charge is 0.410 e. The summed E-state index contributed by atoms with van der Waals surface area (Å²) in [4.78, 5) is 60.3. The highest BCUT2D eigenvalue weighted by Gasteiger charge is 2.54. The molecule has 0 aromatic heterocycles. The van der Waals surface area contributed by atoms with Crippen LogP contribution in [0.15, 0.2) is 72.8 Å². The van der Waals surface area contributed by atoms with Crippen LogP contribution in [0.25, 0.3) is 0 Å². The minimum atomic E-state index is -2.83. The zero-order valence-corrected chi connectivity index (χ0v) is 41.6. The Balaban J connectivity index is 1.63. The number of rotatable bonds is 18. The van der Waals surface area contributed by atoms with Crippen LogP contribution in [0, 0.1) is 23.4 Å². The predicted molar refractivity (Wildman–Crippen MR) is 251 cm³/mol. The summed E-state index contributed by atoms with van der Waals surface area (Å²) in [5, 5.41) is 5.86. The Morgan fingerprint density at radius 3 is 2.11 bits per heavy atom. The monoisotopic (exact) mass is 937 g/mol. The van der Waals surface area contributed by atoms with E-state index >= 15 is 13.6 Å². The van der Waals surface area contributed by atoms with Gasteiger partial charge in [0.05, 0.1) is 37.4 Å². The largest absolute Gasteiger partial charge is 0.444 e. The first-order valence-corrected chi connectivity index (χ1v) is 26.2. The quantitative estimate of drug-likeness (QED) is 0.122. The van der Waals surface area contributed by atoms with E-state index in [0.29, 0.717) is 19.3 Å². The van der Waals surface area contributed by atoms with Crippen molar-refractivity contribution in [3.8, 4) is 0 Å². The molecule has 3 aromatic rings. The van der Waals surface area contributed by atoms with Crippen molar-refractivity contribution in [1.82, 2.24) is 20.4 Å². The number of nitrogens with one attached hydrogen (secondary N) is 2. The molecule has 2 unspecified atom stereocenters. The molecule has 2 heterocycles. The third-order valence-electron chi connectivity index (χ3n) is 13.5. The highest BCUT2D eigenvalue weighted by molar-refractivity contribution is 6.74.